The number of hydrogen-bond donors (Lipinski definition) is 2. The Balaban J connectivity index is 1.56. The molecule has 2 heterocycles. The van der Waals surface area contributed by atoms with Crippen molar-refractivity contribution in [3.8, 4) is 5.75 Å². The minimum Gasteiger partial charge on any atom is -0.495 e. The second kappa shape index (κ2) is 10.5. The Morgan fingerprint density at radius 3 is 2.50 bits per heavy atom. The molecule has 3 aromatic rings. The topological polar surface area (TPSA) is 157 Å². The van der Waals surface area contributed by atoms with Gasteiger partial charge in [0.2, 0.25) is 15.2 Å². The lowest BCUT2D eigenvalue weighted by atomic mass is 10.1. The molecule has 15 heteroatoms. The van der Waals surface area contributed by atoms with Gasteiger partial charge >= 0.3 is 0 Å². The van der Waals surface area contributed by atoms with E-state index in [9.17, 15) is 21.6 Å². The van der Waals surface area contributed by atoms with Crippen LogP contribution in [0.3, 0.4) is 0 Å². The highest BCUT2D eigenvalue weighted by Crippen LogP contribution is 2.32. The van der Waals surface area contributed by atoms with Crippen molar-refractivity contribution in [1.82, 2.24) is 14.5 Å². The van der Waals surface area contributed by atoms with Crippen molar-refractivity contribution in [2.24, 2.45) is 0 Å². The molecule has 192 valence electrons. The van der Waals surface area contributed by atoms with Gasteiger partial charge in [-0.3, -0.25) is 14.8 Å². The van der Waals surface area contributed by atoms with Crippen LogP contribution in [0.1, 0.15) is 15.9 Å². The van der Waals surface area contributed by atoms with Crippen LogP contribution >= 0.6 is 11.3 Å². The molecule has 0 bridgehead atoms. The number of nitrogens with zero attached hydrogens (tertiary/aromatic N) is 3. The second-order valence-electron chi connectivity index (χ2n) is 7.63. The highest BCUT2D eigenvalue weighted by molar-refractivity contribution is 7.94. The van der Waals surface area contributed by atoms with Crippen molar-refractivity contribution in [3.05, 3.63) is 53.6 Å². The maximum Gasteiger partial charge on any atom is 0.291 e. The predicted molar refractivity (Wildman–Crippen MR) is 132 cm³/mol. The first kappa shape index (κ1) is 26.0. The number of aromatic nitrogens is 2. The summed E-state index contributed by atoms with van der Waals surface area (Å²) in [4.78, 5) is 12.4. The van der Waals surface area contributed by atoms with Crippen LogP contribution < -0.4 is 14.8 Å². The Hall–Kier alpha value is -3.11. The summed E-state index contributed by atoms with van der Waals surface area (Å²) in [6.45, 7) is 2.70. The molecule has 12 nitrogen and oxygen atoms in total. The molecule has 1 aliphatic heterocycles. The fourth-order valence-electron chi connectivity index (χ4n) is 3.41. The lowest BCUT2D eigenvalue weighted by Crippen LogP contribution is -2.40. The number of methoxy groups -OCH3 is 1. The van der Waals surface area contributed by atoms with Gasteiger partial charge in [-0.25, -0.2) is 8.42 Å². The zero-order chi connectivity index (χ0) is 25.9. The molecular formula is C21H23N5O7S3. The number of rotatable bonds is 8. The van der Waals surface area contributed by atoms with Crippen LogP contribution in [-0.4, -0.2) is 70.7 Å². The molecule has 1 amide bonds. The van der Waals surface area contributed by atoms with Gasteiger partial charge in [0.25, 0.3) is 20.3 Å². The number of carbonyl (C=O) groups is 1. The average Bonchev–Trinajstić information content (AvgIpc) is 3.34. The second-order valence-corrected chi connectivity index (χ2v) is 12.4. The third-order valence-corrected chi connectivity index (χ3v) is 9.74. The number of benzene rings is 2. The average molecular weight is 554 g/mol. The van der Waals surface area contributed by atoms with Gasteiger partial charge in [-0.1, -0.05) is 29.5 Å². The van der Waals surface area contributed by atoms with Gasteiger partial charge in [0.1, 0.15) is 5.75 Å². The van der Waals surface area contributed by atoms with Gasteiger partial charge < -0.3 is 9.47 Å². The molecule has 0 unspecified atom stereocenters. The van der Waals surface area contributed by atoms with Crippen molar-refractivity contribution in [3.63, 3.8) is 0 Å². The monoisotopic (exact) mass is 553 g/mol. The van der Waals surface area contributed by atoms with Crippen LogP contribution in [0.2, 0.25) is 0 Å². The van der Waals surface area contributed by atoms with Gasteiger partial charge in [-0.2, -0.15) is 12.7 Å². The Morgan fingerprint density at radius 1 is 1.08 bits per heavy atom. The first-order valence-corrected chi connectivity index (χ1v) is 14.3. The van der Waals surface area contributed by atoms with E-state index in [4.69, 9.17) is 9.47 Å². The van der Waals surface area contributed by atoms with Crippen molar-refractivity contribution >= 4 is 48.1 Å². The zero-order valence-electron chi connectivity index (χ0n) is 19.3. The van der Waals surface area contributed by atoms with Gasteiger partial charge in [-0.05, 0) is 36.8 Å². The first-order chi connectivity index (χ1) is 17.1. The van der Waals surface area contributed by atoms with Gasteiger partial charge in [-0.15, -0.1) is 10.2 Å². The third-order valence-electron chi connectivity index (χ3n) is 5.27. The molecule has 0 saturated carbocycles. The smallest absolute Gasteiger partial charge is 0.291 e. The van der Waals surface area contributed by atoms with Crippen molar-refractivity contribution in [2.75, 3.05) is 43.5 Å². The van der Waals surface area contributed by atoms with E-state index in [1.54, 1.807) is 31.2 Å². The zero-order valence-corrected chi connectivity index (χ0v) is 21.7. The van der Waals surface area contributed by atoms with Crippen LogP contribution in [0.15, 0.2) is 51.7 Å². The van der Waals surface area contributed by atoms with E-state index in [0.717, 1.165) is 5.56 Å². The lowest BCUT2D eigenvalue weighted by Gasteiger charge is -2.26. The Bertz CT molecular complexity index is 1480. The fourth-order valence-corrected chi connectivity index (χ4v) is 6.81. The number of sulfonamides is 2. The molecule has 4 rings (SSSR count). The molecule has 1 fully saturated rings. The van der Waals surface area contributed by atoms with E-state index < -0.39 is 30.3 Å². The molecule has 1 saturated heterocycles. The number of aryl methyl sites for hydroxylation is 1. The lowest BCUT2D eigenvalue weighted by molar-refractivity contribution is 0.0730. The minimum absolute atomic E-state index is 0.0146. The van der Waals surface area contributed by atoms with Crippen LogP contribution in [0.4, 0.5) is 10.8 Å². The van der Waals surface area contributed by atoms with E-state index in [2.05, 4.69) is 20.2 Å². The number of morpholine rings is 1. The van der Waals surface area contributed by atoms with E-state index in [-0.39, 0.29) is 47.8 Å². The molecular weight excluding hydrogens is 530 g/mol. The Morgan fingerprint density at radius 2 is 1.81 bits per heavy atom. The summed E-state index contributed by atoms with van der Waals surface area (Å²) in [6, 6.07) is 10.8. The Labute approximate surface area is 212 Å². The third kappa shape index (κ3) is 5.49. The largest absolute Gasteiger partial charge is 0.495 e. The summed E-state index contributed by atoms with van der Waals surface area (Å²) >= 11 is 0.648. The molecule has 2 N–H and O–H groups in total. The number of nitrogens with one attached hydrogen (secondary N) is 2. The Kier molecular flexibility index (Phi) is 7.56. The summed E-state index contributed by atoms with van der Waals surface area (Å²) in [5.74, 6) is -0.346. The number of anilines is 2. The normalized spacial score (nSPS) is 14.8. The van der Waals surface area contributed by atoms with Crippen LogP contribution in [0.25, 0.3) is 0 Å². The van der Waals surface area contributed by atoms with Crippen molar-refractivity contribution in [2.45, 2.75) is 16.2 Å². The molecule has 2 aromatic carbocycles. The highest BCUT2D eigenvalue weighted by Gasteiger charge is 2.29. The highest BCUT2D eigenvalue weighted by atomic mass is 32.2. The molecule has 0 radical (unpaired) electrons. The van der Waals surface area contributed by atoms with Crippen LogP contribution in [0.5, 0.6) is 5.75 Å². The number of carbonyl (C=O) groups excluding carboxylic acids is 1. The van der Waals surface area contributed by atoms with Gasteiger partial charge in [0, 0.05) is 18.7 Å². The summed E-state index contributed by atoms with van der Waals surface area (Å²) in [5, 5.41) is 9.95. The van der Waals surface area contributed by atoms with Crippen molar-refractivity contribution < 1.29 is 31.1 Å². The maximum absolute atomic E-state index is 13.0. The molecule has 0 spiro atoms. The fraction of sp³-hybridized carbons (Fsp3) is 0.286. The first-order valence-electron chi connectivity index (χ1n) is 10.6. The van der Waals surface area contributed by atoms with E-state index >= 15 is 0 Å². The van der Waals surface area contributed by atoms with Crippen molar-refractivity contribution in [1.29, 1.82) is 0 Å². The summed E-state index contributed by atoms with van der Waals surface area (Å²) in [6.07, 6.45) is 0. The summed E-state index contributed by atoms with van der Waals surface area (Å²) in [5.41, 5.74) is 1.07. The van der Waals surface area contributed by atoms with E-state index in [1.165, 1.54) is 29.6 Å². The number of ether oxygens (including phenoxy) is 2. The molecule has 1 aromatic heterocycles. The quantitative estimate of drug-likeness (QED) is 0.398. The molecule has 36 heavy (non-hydrogen) atoms. The molecule has 0 atom stereocenters. The van der Waals surface area contributed by atoms with Gasteiger partial charge in [0.05, 0.1) is 30.9 Å². The maximum atomic E-state index is 13.0. The standard InChI is InChI=1S/C21H23N5O7S3/c1-14-5-3-4-6-16(14)19(27)22-20-23-24-21(34-20)35(28,29)25-17-13-15(7-8-18(17)32-2)36(30,31)26-9-11-33-12-10-26/h3-8,13,25H,9-12H2,1-2H3,(H,22,23,27). The summed E-state index contributed by atoms with van der Waals surface area (Å²) < 4.78 is 65.6. The molecule has 0 aliphatic carbocycles. The number of hydrogen-bond acceptors (Lipinski definition) is 10. The minimum atomic E-state index is -4.29. The predicted octanol–water partition coefficient (Wildman–Crippen LogP) is 1.93. The van der Waals surface area contributed by atoms with E-state index in [1.807, 2.05) is 0 Å². The molecule has 1 aliphatic rings. The van der Waals surface area contributed by atoms with Crippen LogP contribution in [-0.2, 0) is 24.8 Å². The van der Waals surface area contributed by atoms with Gasteiger partial charge in [0.15, 0.2) is 0 Å². The van der Waals surface area contributed by atoms with Crippen LogP contribution in [0, 0.1) is 6.92 Å². The number of amides is 1. The van der Waals surface area contributed by atoms with E-state index in [0.29, 0.717) is 16.9 Å². The SMILES string of the molecule is COc1ccc(S(=O)(=O)N2CCOCC2)cc1NS(=O)(=O)c1nnc(NC(=O)c2ccccc2C)s1. The summed E-state index contributed by atoms with van der Waals surface area (Å²) in [7, 11) is -6.84.